The highest BCUT2D eigenvalue weighted by atomic mass is 35.5. The summed E-state index contributed by atoms with van der Waals surface area (Å²) in [6.45, 7) is 4.90. The Morgan fingerprint density at radius 3 is 2.78 bits per heavy atom. The van der Waals surface area contributed by atoms with E-state index in [0.717, 1.165) is 40.0 Å². The van der Waals surface area contributed by atoms with Crippen molar-refractivity contribution in [1.29, 1.82) is 0 Å². The fourth-order valence-corrected chi connectivity index (χ4v) is 2.38. The molecule has 0 radical (unpaired) electrons. The Morgan fingerprint density at radius 1 is 1.44 bits per heavy atom. The van der Waals surface area contributed by atoms with Crippen LogP contribution in [0.15, 0.2) is 18.3 Å². The summed E-state index contributed by atoms with van der Waals surface area (Å²) in [6.07, 6.45) is 2.98. The van der Waals surface area contributed by atoms with E-state index in [-0.39, 0.29) is 6.42 Å². The minimum absolute atomic E-state index is 0.0499. The van der Waals surface area contributed by atoms with Crippen LogP contribution in [0, 0.1) is 6.92 Å². The van der Waals surface area contributed by atoms with Gasteiger partial charge in [0.2, 0.25) is 0 Å². The van der Waals surface area contributed by atoms with Crippen molar-refractivity contribution in [1.82, 2.24) is 4.57 Å². The molecule has 0 aliphatic rings. The summed E-state index contributed by atoms with van der Waals surface area (Å²) in [7, 11) is 0. The van der Waals surface area contributed by atoms with Crippen LogP contribution in [-0.2, 0) is 17.8 Å². The van der Waals surface area contributed by atoms with Gasteiger partial charge in [0.1, 0.15) is 0 Å². The van der Waals surface area contributed by atoms with E-state index >= 15 is 0 Å². The number of hydrogen-bond donors (Lipinski definition) is 1. The van der Waals surface area contributed by atoms with E-state index in [1.807, 2.05) is 25.3 Å². The van der Waals surface area contributed by atoms with Gasteiger partial charge in [-0.1, -0.05) is 18.5 Å². The SMILES string of the molecule is CCCn1cc(CC(=O)O)c2cc(C)c(Cl)cc21. The molecule has 3 nitrogen and oxygen atoms in total. The third-order valence-electron chi connectivity index (χ3n) is 3.05. The molecule has 0 spiro atoms. The van der Waals surface area contributed by atoms with Crippen LogP contribution in [0.2, 0.25) is 5.02 Å². The molecule has 0 atom stereocenters. The Morgan fingerprint density at radius 2 is 2.17 bits per heavy atom. The van der Waals surface area contributed by atoms with Gasteiger partial charge >= 0.3 is 5.97 Å². The van der Waals surface area contributed by atoms with Crippen LogP contribution < -0.4 is 0 Å². The molecule has 0 amide bonds. The van der Waals surface area contributed by atoms with Crippen molar-refractivity contribution in [2.75, 3.05) is 0 Å². The molecule has 2 aromatic rings. The van der Waals surface area contributed by atoms with Crippen molar-refractivity contribution >= 4 is 28.5 Å². The summed E-state index contributed by atoms with van der Waals surface area (Å²) < 4.78 is 2.08. The number of carboxylic acids is 1. The molecule has 0 saturated carbocycles. The van der Waals surface area contributed by atoms with E-state index in [1.165, 1.54) is 0 Å². The van der Waals surface area contributed by atoms with Crippen LogP contribution >= 0.6 is 11.6 Å². The van der Waals surface area contributed by atoms with Crippen molar-refractivity contribution in [3.8, 4) is 0 Å². The summed E-state index contributed by atoms with van der Waals surface area (Å²) in [5.41, 5.74) is 2.85. The monoisotopic (exact) mass is 265 g/mol. The predicted molar refractivity (Wildman–Crippen MR) is 73.3 cm³/mol. The van der Waals surface area contributed by atoms with Crippen molar-refractivity contribution in [3.63, 3.8) is 0 Å². The topological polar surface area (TPSA) is 42.2 Å². The first-order valence-electron chi connectivity index (χ1n) is 6.02. The maximum Gasteiger partial charge on any atom is 0.307 e. The first-order valence-corrected chi connectivity index (χ1v) is 6.40. The van der Waals surface area contributed by atoms with Gasteiger partial charge in [0.25, 0.3) is 0 Å². The second-order valence-corrected chi connectivity index (χ2v) is 4.94. The summed E-state index contributed by atoms with van der Waals surface area (Å²) in [4.78, 5) is 10.9. The van der Waals surface area contributed by atoms with Gasteiger partial charge in [-0.15, -0.1) is 0 Å². The highest BCUT2D eigenvalue weighted by molar-refractivity contribution is 6.32. The van der Waals surface area contributed by atoms with Crippen LogP contribution in [0.25, 0.3) is 10.9 Å². The molecule has 1 aromatic carbocycles. The molecule has 96 valence electrons. The van der Waals surface area contributed by atoms with Gasteiger partial charge in [0, 0.05) is 28.7 Å². The second-order valence-electron chi connectivity index (χ2n) is 4.54. The molecule has 2 rings (SSSR count). The number of fused-ring (bicyclic) bond motifs is 1. The summed E-state index contributed by atoms with van der Waals surface area (Å²) in [5.74, 6) is -0.807. The molecule has 0 aliphatic carbocycles. The van der Waals surface area contributed by atoms with E-state index in [0.29, 0.717) is 0 Å². The van der Waals surface area contributed by atoms with E-state index in [4.69, 9.17) is 16.7 Å². The minimum atomic E-state index is -0.807. The molecule has 18 heavy (non-hydrogen) atoms. The van der Waals surface area contributed by atoms with Gasteiger partial charge in [-0.25, -0.2) is 0 Å². The molecular weight excluding hydrogens is 250 g/mol. The lowest BCUT2D eigenvalue weighted by molar-refractivity contribution is -0.136. The Labute approximate surface area is 111 Å². The van der Waals surface area contributed by atoms with Crippen LogP contribution in [0.5, 0.6) is 0 Å². The van der Waals surface area contributed by atoms with Crippen LogP contribution in [0.3, 0.4) is 0 Å². The number of hydrogen-bond acceptors (Lipinski definition) is 1. The van der Waals surface area contributed by atoms with Gasteiger partial charge < -0.3 is 9.67 Å². The largest absolute Gasteiger partial charge is 0.481 e. The quantitative estimate of drug-likeness (QED) is 0.917. The third kappa shape index (κ3) is 2.36. The van der Waals surface area contributed by atoms with Gasteiger partial charge in [-0.3, -0.25) is 4.79 Å². The molecule has 1 heterocycles. The fourth-order valence-electron chi connectivity index (χ4n) is 2.22. The molecule has 0 unspecified atom stereocenters. The number of carbonyl (C=O) groups is 1. The number of aliphatic carboxylic acids is 1. The Balaban J connectivity index is 2.64. The van der Waals surface area contributed by atoms with Crippen molar-refractivity contribution in [2.24, 2.45) is 0 Å². The predicted octanol–water partition coefficient (Wildman–Crippen LogP) is 3.64. The van der Waals surface area contributed by atoms with Gasteiger partial charge in [0.05, 0.1) is 6.42 Å². The normalized spacial score (nSPS) is 11.1. The first kappa shape index (κ1) is 13.0. The smallest absolute Gasteiger partial charge is 0.307 e. The highest BCUT2D eigenvalue weighted by Gasteiger charge is 2.12. The Hall–Kier alpha value is -1.48. The van der Waals surface area contributed by atoms with E-state index in [2.05, 4.69) is 11.5 Å². The molecule has 4 heteroatoms. The Bertz CT molecular complexity index is 601. The number of nitrogens with zero attached hydrogens (tertiary/aromatic N) is 1. The molecule has 0 fully saturated rings. The lowest BCUT2D eigenvalue weighted by Crippen LogP contribution is -1.99. The molecule has 0 saturated heterocycles. The number of aryl methyl sites for hydroxylation is 2. The maximum absolute atomic E-state index is 10.9. The standard InChI is InChI=1S/C14H16ClNO2/c1-3-4-16-8-10(6-14(17)18)11-5-9(2)12(15)7-13(11)16/h5,7-8H,3-4,6H2,1-2H3,(H,17,18). The summed E-state index contributed by atoms with van der Waals surface area (Å²) in [6, 6.07) is 3.90. The maximum atomic E-state index is 10.9. The molecule has 1 aromatic heterocycles. The van der Waals surface area contributed by atoms with Crippen LogP contribution in [-0.4, -0.2) is 15.6 Å². The Kier molecular flexibility index (Phi) is 3.62. The van der Waals surface area contributed by atoms with Gasteiger partial charge in [-0.05, 0) is 36.6 Å². The zero-order valence-electron chi connectivity index (χ0n) is 10.5. The zero-order chi connectivity index (χ0) is 13.3. The fraction of sp³-hybridized carbons (Fsp3) is 0.357. The molecule has 0 bridgehead atoms. The summed E-state index contributed by atoms with van der Waals surface area (Å²) in [5, 5.41) is 10.7. The number of aromatic nitrogens is 1. The number of halogens is 1. The molecule has 0 aliphatic heterocycles. The number of rotatable bonds is 4. The minimum Gasteiger partial charge on any atom is -0.481 e. The van der Waals surface area contributed by atoms with Gasteiger partial charge in [-0.2, -0.15) is 0 Å². The van der Waals surface area contributed by atoms with Gasteiger partial charge in [0.15, 0.2) is 0 Å². The first-order chi connectivity index (χ1) is 8.52. The number of benzene rings is 1. The lowest BCUT2D eigenvalue weighted by Gasteiger charge is -2.04. The average molecular weight is 266 g/mol. The lowest BCUT2D eigenvalue weighted by atomic mass is 10.1. The van der Waals surface area contributed by atoms with Crippen LogP contribution in [0.1, 0.15) is 24.5 Å². The second kappa shape index (κ2) is 5.02. The third-order valence-corrected chi connectivity index (χ3v) is 3.46. The molecular formula is C14H16ClNO2. The number of carboxylic acid groups (broad SMARTS) is 1. The van der Waals surface area contributed by atoms with Crippen molar-refractivity contribution in [3.05, 3.63) is 34.5 Å². The van der Waals surface area contributed by atoms with E-state index in [9.17, 15) is 4.79 Å². The zero-order valence-corrected chi connectivity index (χ0v) is 11.3. The van der Waals surface area contributed by atoms with E-state index < -0.39 is 5.97 Å². The average Bonchev–Trinajstić information content (AvgIpc) is 2.58. The summed E-state index contributed by atoms with van der Waals surface area (Å²) >= 11 is 6.15. The molecule has 1 N–H and O–H groups in total. The van der Waals surface area contributed by atoms with Crippen molar-refractivity contribution < 1.29 is 9.90 Å². The highest BCUT2D eigenvalue weighted by Crippen LogP contribution is 2.28. The van der Waals surface area contributed by atoms with Crippen LogP contribution in [0.4, 0.5) is 0 Å². The van der Waals surface area contributed by atoms with Crippen molar-refractivity contribution in [2.45, 2.75) is 33.2 Å². The van der Waals surface area contributed by atoms with E-state index in [1.54, 1.807) is 0 Å².